The van der Waals surface area contributed by atoms with Crippen LogP contribution in [0.4, 0.5) is 13.2 Å². The van der Waals surface area contributed by atoms with Gasteiger partial charge in [0.05, 0.1) is 18.0 Å². The Bertz CT molecular complexity index is 788. The van der Waals surface area contributed by atoms with E-state index >= 15 is 0 Å². The highest BCUT2D eigenvalue weighted by atomic mass is 19.4. The summed E-state index contributed by atoms with van der Waals surface area (Å²) >= 11 is 0. The van der Waals surface area contributed by atoms with Gasteiger partial charge in [0.25, 0.3) is 0 Å². The molecule has 3 rings (SSSR count). The number of fused-ring (bicyclic) bond motifs is 1. The van der Waals surface area contributed by atoms with Crippen LogP contribution in [0.15, 0.2) is 42.5 Å². The first-order chi connectivity index (χ1) is 12.3. The quantitative estimate of drug-likeness (QED) is 0.894. The van der Waals surface area contributed by atoms with Gasteiger partial charge in [-0.05, 0) is 42.3 Å². The van der Waals surface area contributed by atoms with E-state index < -0.39 is 11.7 Å². The van der Waals surface area contributed by atoms with Crippen LogP contribution in [0.3, 0.4) is 0 Å². The Morgan fingerprint density at radius 3 is 2.38 bits per heavy atom. The third-order valence-electron chi connectivity index (χ3n) is 4.09. The second-order valence-electron chi connectivity index (χ2n) is 6.06. The summed E-state index contributed by atoms with van der Waals surface area (Å²) in [5, 5.41) is 2.84. The Kier molecular flexibility index (Phi) is 5.06. The van der Waals surface area contributed by atoms with Crippen molar-refractivity contribution in [1.29, 1.82) is 0 Å². The third kappa shape index (κ3) is 4.28. The summed E-state index contributed by atoms with van der Waals surface area (Å²) in [5.74, 6) is 1.04. The first-order valence-corrected chi connectivity index (χ1v) is 8.18. The van der Waals surface area contributed by atoms with E-state index in [0.29, 0.717) is 30.3 Å². The molecule has 1 amide bonds. The fourth-order valence-corrected chi connectivity index (χ4v) is 2.70. The molecule has 1 heterocycles. The number of alkyl halides is 3. The van der Waals surface area contributed by atoms with E-state index in [1.807, 2.05) is 19.1 Å². The molecule has 2 aromatic carbocycles. The molecule has 0 spiro atoms. The SMILES string of the molecule is C[C@@H](NC(=O)Cc1ccc(C(F)(F)F)cc1)c1ccc2c(c1)OCCO2. The molecule has 138 valence electrons. The normalized spacial score (nSPS) is 14.6. The summed E-state index contributed by atoms with van der Waals surface area (Å²) in [5.41, 5.74) is 0.645. The zero-order valence-electron chi connectivity index (χ0n) is 14.1. The van der Waals surface area contributed by atoms with Crippen molar-refractivity contribution in [3.05, 3.63) is 59.2 Å². The van der Waals surface area contributed by atoms with E-state index in [9.17, 15) is 18.0 Å². The topological polar surface area (TPSA) is 47.6 Å². The van der Waals surface area contributed by atoms with Gasteiger partial charge in [0.15, 0.2) is 11.5 Å². The van der Waals surface area contributed by atoms with Crippen molar-refractivity contribution >= 4 is 5.91 Å². The van der Waals surface area contributed by atoms with Gasteiger partial charge >= 0.3 is 6.18 Å². The van der Waals surface area contributed by atoms with Crippen LogP contribution in [0, 0.1) is 0 Å². The second-order valence-corrected chi connectivity index (χ2v) is 6.06. The molecule has 7 heteroatoms. The molecule has 0 aliphatic carbocycles. The van der Waals surface area contributed by atoms with Gasteiger partial charge in [-0.25, -0.2) is 0 Å². The van der Waals surface area contributed by atoms with Crippen LogP contribution < -0.4 is 14.8 Å². The Balaban J connectivity index is 1.61. The number of nitrogens with one attached hydrogen (secondary N) is 1. The molecule has 0 aromatic heterocycles. The number of carbonyl (C=O) groups is 1. The minimum Gasteiger partial charge on any atom is -0.486 e. The lowest BCUT2D eigenvalue weighted by molar-refractivity contribution is -0.137. The molecular weight excluding hydrogens is 347 g/mol. The molecular formula is C19H18F3NO3. The van der Waals surface area contributed by atoms with Crippen LogP contribution in [0.25, 0.3) is 0 Å². The maximum Gasteiger partial charge on any atom is 0.416 e. The van der Waals surface area contributed by atoms with Crippen molar-refractivity contribution in [1.82, 2.24) is 5.32 Å². The maximum absolute atomic E-state index is 12.6. The van der Waals surface area contributed by atoms with Crippen molar-refractivity contribution < 1.29 is 27.4 Å². The summed E-state index contributed by atoms with van der Waals surface area (Å²) < 4.78 is 48.7. The van der Waals surface area contributed by atoms with Gasteiger partial charge in [-0.3, -0.25) is 4.79 Å². The van der Waals surface area contributed by atoms with Gasteiger partial charge in [0, 0.05) is 0 Å². The standard InChI is InChI=1S/C19H18F3NO3/c1-12(14-4-7-16-17(11-14)26-9-8-25-16)23-18(24)10-13-2-5-15(6-3-13)19(20,21)22/h2-7,11-12H,8-10H2,1H3,(H,23,24)/t12-/m1/s1. The Morgan fingerprint density at radius 1 is 1.08 bits per heavy atom. The lowest BCUT2D eigenvalue weighted by atomic mass is 10.1. The van der Waals surface area contributed by atoms with Crippen LogP contribution in [-0.4, -0.2) is 19.1 Å². The summed E-state index contributed by atoms with van der Waals surface area (Å²) in [6, 6.07) is 9.78. The summed E-state index contributed by atoms with van der Waals surface area (Å²) in [6.45, 7) is 2.81. The van der Waals surface area contributed by atoms with Gasteiger partial charge in [0.1, 0.15) is 13.2 Å². The van der Waals surface area contributed by atoms with E-state index in [1.54, 1.807) is 6.07 Å². The van der Waals surface area contributed by atoms with E-state index in [-0.39, 0.29) is 18.4 Å². The number of hydrogen-bond donors (Lipinski definition) is 1. The summed E-state index contributed by atoms with van der Waals surface area (Å²) in [6.07, 6.45) is -4.37. The Labute approximate surface area is 148 Å². The number of rotatable bonds is 4. The van der Waals surface area contributed by atoms with Crippen LogP contribution in [0.5, 0.6) is 11.5 Å². The third-order valence-corrected chi connectivity index (χ3v) is 4.09. The average Bonchev–Trinajstić information content (AvgIpc) is 2.61. The lowest BCUT2D eigenvalue weighted by Gasteiger charge is -2.21. The Hall–Kier alpha value is -2.70. The number of hydrogen-bond acceptors (Lipinski definition) is 3. The van der Waals surface area contributed by atoms with Crippen LogP contribution >= 0.6 is 0 Å². The number of halogens is 3. The second kappa shape index (κ2) is 7.27. The number of carbonyl (C=O) groups excluding carboxylic acids is 1. The predicted octanol–water partition coefficient (Wildman–Crippen LogP) is 3.90. The average molecular weight is 365 g/mol. The highest BCUT2D eigenvalue weighted by molar-refractivity contribution is 5.79. The molecule has 1 aliphatic heterocycles. The molecule has 0 radical (unpaired) electrons. The first kappa shape index (κ1) is 18.1. The fourth-order valence-electron chi connectivity index (χ4n) is 2.70. The van der Waals surface area contributed by atoms with Crippen molar-refractivity contribution in [2.24, 2.45) is 0 Å². The largest absolute Gasteiger partial charge is 0.486 e. The molecule has 1 aliphatic rings. The van der Waals surface area contributed by atoms with Gasteiger partial charge in [-0.1, -0.05) is 18.2 Å². The van der Waals surface area contributed by atoms with Crippen LogP contribution in [-0.2, 0) is 17.4 Å². The number of benzene rings is 2. The number of ether oxygens (including phenoxy) is 2. The predicted molar refractivity (Wildman–Crippen MR) is 89.1 cm³/mol. The van der Waals surface area contributed by atoms with Crippen molar-refractivity contribution in [2.45, 2.75) is 25.6 Å². The molecule has 0 fully saturated rings. The van der Waals surface area contributed by atoms with Crippen molar-refractivity contribution in [2.75, 3.05) is 13.2 Å². The number of amides is 1. The summed E-state index contributed by atoms with van der Waals surface area (Å²) in [4.78, 5) is 12.2. The monoisotopic (exact) mass is 365 g/mol. The zero-order valence-corrected chi connectivity index (χ0v) is 14.1. The van der Waals surface area contributed by atoms with Crippen molar-refractivity contribution in [3.8, 4) is 11.5 Å². The van der Waals surface area contributed by atoms with E-state index in [0.717, 1.165) is 17.7 Å². The zero-order chi connectivity index (χ0) is 18.7. The molecule has 0 saturated carbocycles. The molecule has 26 heavy (non-hydrogen) atoms. The van der Waals surface area contributed by atoms with E-state index in [4.69, 9.17) is 9.47 Å². The van der Waals surface area contributed by atoms with E-state index in [1.165, 1.54) is 12.1 Å². The Morgan fingerprint density at radius 2 is 1.73 bits per heavy atom. The molecule has 1 atom stereocenters. The van der Waals surface area contributed by atoms with Gasteiger partial charge in [0.2, 0.25) is 5.91 Å². The molecule has 1 N–H and O–H groups in total. The van der Waals surface area contributed by atoms with Crippen LogP contribution in [0.2, 0.25) is 0 Å². The highest BCUT2D eigenvalue weighted by Crippen LogP contribution is 2.32. The van der Waals surface area contributed by atoms with E-state index in [2.05, 4.69) is 5.32 Å². The van der Waals surface area contributed by atoms with Crippen LogP contribution in [0.1, 0.15) is 29.7 Å². The minimum absolute atomic E-state index is 0.00697. The van der Waals surface area contributed by atoms with Gasteiger partial charge < -0.3 is 14.8 Å². The van der Waals surface area contributed by atoms with Crippen molar-refractivity contribution in [3.63, 3.8) is 0 Å². The smallest absolute Gasteiger partial charge is 0.416 e. The van der Waals surface area contributed by atoms with Gasteiger partial charge in [-0.2, -0.15) is 13.2 Å². The fraction of sp³-hybridized carbons (Fsp3) is 0.316. The van der Waals surface area contributed by atoms with Gasteiger partial charge in [-0.15, -0.1) is 0 Å². The highest BCUT2D eigenvalue weighted by Gasteiger charge is 2.30. The molecule has 2 aromatic rings. The lowest BCUT2D eigenvalue weighted by Crippen LogP contribution is -2.28. The first-order valence-electron chi connectivity index (χ1n) is 8.18. The summed E-state index contributed by atoms with van der Waals surface area (Å²) in [7, 11) is 0. The molecule has 0 unspecified atom stereocenters. The minimum atomic E-state index is -4.38. The molecule has 0 saturated heterocycles. The maximum atomic E-state index is 12.6. The molecule has 0 bridgehead atoms. The molecule has 4 nitrogen and oxygen atoms in total.